The quantitative estimate of drug-likeness (QED) is 0.403. The molecule has 0 bridgehead atoms. The lowest BCUT2D eigenvalue weighted by Crippen LogP contribution is -2.67. The average Bonchev–Trinajstić information content (AvgIpc) is 3.58. The third kappa shape index (κ3) is 4.92. The summed E-state index contributed by atoms with van der Waals surface area (Å²) in [5.41, 5.74) is -2.21. The van der Waals surface area contributed by atoms with Crippen molar-refractivity contribution in [2.75, 3.05) is 5.75 Å². The Morgan fingerprint density at radius 2 is 1.95 bits per heavy atom. The molecule has 3 saturated carbocycles. The fourth-order valence-electron chi connectivity index (χ4n) is 8.59. The maximum atomic E-state index is 17.3. The molecule has 9 heteroatoms. The Morgan fingerprint density at radius 3 is 2.57 bits per heavy atom. The van der Waals surface area contributed by atoms with Crippen molar-refractivity contribution in [1.29, 1.82) is 0 Å². The number of furan rings is 1. The minimum atomic E-state index is -1.81. The summed E-state index contributed by atoms with van der Waals surface area (Å²) in [6.45, 7) is 8.36. The van der Waals surface area contributed by atoms with E-state index in [-0.39, 0.29) is 45.7 Å². The Morgan fingerprint density at radius 1 is 1.19 bits per heavy atom. The fourth-order valence-corrected chi connectivity index (χ4v) is 9.89. The molecule has 0 radical (unpaired) electrons. The number of allylic oxidation sites excluding steroid dienone is 6. The number of aliphatic hydroxyl groups excluding tert-OH is 1. The van der Waals surface area contributed by atoms with Gasteiger partial charge in [0.1, 0.15) is 0 Å². The van der Waals surface area contributed by atoms with Crippen LogP contribution in [0.25, 0.3) is 0 Å². The molecule has 6 rings (SSSR count). The second-order valence-corrected chi connectivity index (χ2v) is 13.9. The number of ether oxygens (including phenoxy) is 1. The molecule has 2 N–H and O–H groups in total. The molecule has 0 spiro atoms. The first-order valence-corrected chi connectivity index (χ1v) is 15.6. The summed E-state index contributed by atoms with van der Waals surface area (Å²) in [6.07, 6.45) is 12.3. The van der Waals surface area contributed by atoms with Gasteiger partial charge in [-0.3, -0.25) is 9.59 Å². The van der Waals surface area contributed by atoms with Crippen LogP contribution in [0.15, 0.2) is 70.8 Å². The van der Waals surface area contributed by atoms with Crippen LogP contribution in [0.3, 0.4) is 0 Å². The zero-order valence-corrected chi connectivity index (χ0v) is 25.2. The summed E-state index contributed by atoms with van der Waals surface area (Å²) < 4.78 is 27.1. The number of fused-ring (bicyclic) bond motifs is 5. The van der Waals surface area contributed by atoms with Crippen LogP contribution >= 0.6 is 11.8 Å². The van der Waals surface area contributed by atoms with E-state index in [1.165, 1.54) is 36.4 Å². The Bertz CT molecular complexity index is 1360. The van der Waals surface area contributed by atoms with E-state index in [0.29, 0.717) is 36.7 Å². The third-order valence-corrected chi connectivity index (χ3v) is 11.6. The van der Waals surface area contributed by atoms with Crippen molar-refractivity contribution in [3.8, 4) is 0 Å². The number of carbonyl (C=O) groups excluding carboxylic acids is 2. The van der Waals surface area contributed by atoms with Crippen LogP contribution in [0.5, 0.6) is 0 Å². The summed E-state index contributed by atoms with van der Waals surface area (Å²) in [6, 6.07) is 3.39. The predicted octanol–water partition coefficient (Wildman–Crippen LogP) is 6.52. The number of ketones is 1. The molecule has 3 fully saturated rings. The van der Waals surface area contributed by atoms with Gasteiger partial charge in [-0.1, -0.05) is 44.2 Å². The van der Waals surface area contributed by atoms with Gasteiger partial charge in [0.2, 0.25) is 5.76 Å². The monoisotopic (exact) mass is 598 g/mol. The molecule has 0 saturated heterocycles. The van der Waals surface area contributed by atoms with Gasteiger partial charge < -0.3 is 19.4 Å². The molecule has 226 valence electrons. The van der Waals surface area contributed by atoms with E-state index < -0.39 is 23.2 Å². The summed E-state index contributed by atoms with van der Waals surface area (Å²) in [4.78, 5) is 34.8. The normalized spacial score (nSPS) is 39.9. The van der Waals surface area contributed by atoms with Crippen molar-refractivity contribution in [3.05, 3.63) is 72.1 Å². The van der Waals surface area contributed by atoms with E-state index in [0.717, 1.165) is 12.0 Å². The fraction of sp³-hybridized carbons (Fsp3) is 0.545. The van der Waals surface area contributed by atoms with Crippen LogP contribution in [-0.4, -0.2) is 44.6 Å². The number of aliphatic carboxylic acids is 1. The highest BCUT2D eigenvalue weighted by Crippen LogP contribution is 2.70. The van der Waals surface area contributed by atoms with E-state index in [1.54, 1.807) is 30.4 Å². The Balaban J connectivity index is 0.000000336. The van der Waals surface area contributed by atoms with Gasteiger partial charge in [-0.25, -0.2) is 9.18 Å². The summed E-state index contributed by atoms with van der Waals surface area (Å²) in [5.74, 6) is 0.331. The van der Waals surface area contributed by atoms with Gasteiger partial charge in [-0.2, -0.15) is 0 Å². The molecule has 1 aliphatic heterocycles. The SMILES string of the molecule is C[C@@H]1CC2C3C[C@H](C)C4=CC(=O)C=CC4(C)[C@@]3(F)C(O)CC2(C)C1CSC(=O)c1ccco1.O=C(O)C1=CCC=CO1. The zero-order valence-electron chi connectivity index (χ0n) is 24.4. The smallest absolute Gasteiger partial charge is 0.371 e. The van der Waals surface area contributed by atoms with Crippen LogP contribution in [0.2, 0.25) is 0 Å². The molecule has 1 aromatic rings. The summed E-state index contributed by atoms with van der Waals surface area (Å²) >= 11 is 1.27. The first kappa shape index (κ1) is 30.5. The van der Waals surface area contributed by atoms with Crippen LogP contribution in [-0.2, 0) is 14.3 Å². The van der Waals surface area contributed by atoms with Gasteiger partial charge in [0, 0.05) is 17.1 Å². The van der Waals surface area contributed by atoms with Crippen LogP contribution < -0.4 is 0 Å². The van der Waals surface area contributed by atoms with Gasteiger partial charge in [0.25, 0.3) is 5.12 Å². The summed E-state index contributed by atoms with van der Waals surface area (Å²) in [5, 5.41) is 19.7. The standard InChI is InChI=1S/C27H33FO4S.C6H6O3/c1-15-11-20-19-10-16(2)21(14-33-24(31)22-6-5-9-32-22)25(19,3)13-23(30)27(20,28)26(4)8-7-17(29)12-18(15)26;7-6(8)5-3-1-2-4-9-5/h5-9,12,15-16,19-21,23,30H,10-11,13-14H2,1-4H3;2-4H,1H2,(H,7,8)/t15-,16+,19?,20?,21?,23?,25?,26?,27-;/m0./s1. The van der Waals surface area contributed by atoms with E-state index >= 15 is 4.39 Å². The van der Waals surface area contributed by atoms with Gasteiger partial charge in [-0.05, 0) is 98.1 Å². The lowest BCUT2D eigenvalue weighted by Gasteiger charge is -2.63. The van der Waals surface area contributed by atoms with Crippen molar-refractivity contribution in [2.24, 2.45) is 40.4 Å². The largest absolute Gasteiger partial charge is 0.475 e. The molecule has 0 amide bonds. The average molecular weight is 599 g/mol. The van der Waals surface area contributed by atoms with Crippen molar-refractivity contribution in [2.45, 2.75) is 65.2 Å². The van der Waals surface area contributed by atoms with Gasteiger partial charge in [0.15, 0.2) is 17.2 Å². The highest BCUT2D eigenvalue weighted by molar-refractivity contribution is 8.14. The number of alkyl halides is 1. The molecule has 9 atom stereocenters. The number of rotatable bonds is 4. The van der Waals surface area contributed by atoms with Crippen LogP contribution in [0.4, 0.5) is 4.39 Å². The van der Waals surface area contributed by atoms with Crippen molar-refractivity contribution in [3.63, 3.8) is 0 Å². The first-order valence-electron chi connectivity index (χ1n) is 14.6. The number of hydrogen-bond acceptors (Lipinski definition) is 7. The van der Waals surface area contributed by atoms with Crippen molar-refractivity contribution >= 4 is 28.6 Å². The molecular formula is C33H39FO7S. The van der Waals surface area contributed by atoms with E-state index in [9.17, 15) is 19.5 Å². The molecule has 5 aliphatic rings. The number of hydrogen-bond donors (Lipinski definition) is 2. The van der Waals surface area contributed by atoms with Gasteiger partial charge >= 0.3 is 5.97 Å². The lowest BCUT2D eigenvalue weighted by atomic mass is 9.44. The number of carboxylic acid groups (broad SMARTS) is 1. The third-order valence-electron chi connectivity index (χ3n) is 10.6. The second-order valence-electron chi connectivity index (χ2n) is 12.9. The maximum Gasteiger partial charge on any atom is 0.371 e. The Hall–Kier alpha value is -2.91. The number of thioether (sulfide) groups is 1. The maximum absolute atomic E-state index is 17.3. The van der Waals surface area contributed by atoms with E-state index in [2.05, 4.69) is 25.5 Å². The van der Waals surface area contributed by atoms with Gasteiger partial charge in [-0.15, -0.1) is 0 Å². The van der Waals surface area contributed by atoms with Gasteiger partial charge in [0.05, 0.1) is 18.6 Å². The number of carbonyl (C=O) groups is 3. The van der Waals surface area contributed by atoms with E-state index in [4.69, 9.17) is 9.52 Å². The molecule has 7 nitrogen and oxygen atoms in total. The lowest BCUT2D eigenvalue weighted by molar-refractivity contribution is -0.199. The minimum Gasteiger partial charge on any atom is -0.475 e. The van der Waals surface area contributed by atoms with E-state index in [1.807, 2.05) is 6.92 Å². The Labute approximate surface area is 250 Å². The Kier molecular flexibility index (Phi) is 8.22. The highest BCUT2D eigenvalue weighted by Gasteiger charge is 2.71. The zero-order chi connectivity index (χ0) is 30.4. The number of halogens is 1. The molecule has 42 heavy (non-hydrogen) atoms. The number of carboxylic acids is 1. The van der Waals surface area contributed by atoms with Crippen LogP contribution in [0, 0.1) is 40.4 Å². The first-order chi connectivity index (χ1) is 19.8. The molecular weight excluding hydrogens is 559 g/mol. The predicted molar refractivity (Wildman–Crippen MR) is 157 cm³/mol. The molecule has 2 heterocycles. The summed E-state index contributed by atoms with van der Waals surface area (Å²) in [7, 11) is 0. The van der Waals surface area contributed by atoms with Crippen molar-refractivity contribution in [1.82, 2.24) is 0 Å². The molecule has 6 unspecified atom stereocenters. The molecule has 1 aromatic heterocycles. The topological polar surface area (TPSA) is 114 Å². The van der Waals surface area contributed by atoms with Crippen molar-refractivity contribution < 1.29 is 38.1 Å². The number of aliphatic hydroxyl groups is 1. The second kappa shape index (κ2) is 11.3. The molecule has 4 aliphatic carbocycles. The van der Waals surface area contributed by atoms with Crippen LogP contribution in [0.1, 0.15) is 63.9 Å². The molecule has 0 aromatic carbocycles. The highest BCUT2D eigenvalue weighted by atomic mass is 32.2. The minimum absolute atomic E-state index is 0.0116.